The molecule has 4 aliphatic rings. The summed E-state index contributed by atoms with van der Waals surface area (Å²) in [4.78, 5) is 68.3. The topological polar surface area (TPSA) is 171 Å². The molecule has 64 heavy (non-hydrogen) atoms. The van der Waals surface area contributed by atoms with Crippen LogP contribution >= 0.6 is 0 Å². The number of alkyl carbamates (subject to hydrolysis) is 2. The van der Waals surface area contributed by atoms with E-state index in [-0.39, 0.29) is 35.7 Å². The summed E-state index contributed by atoms with van der Waals surface area (Å²) in [6, 6.07) is 20.1. The van der Waals surface area contributed by atoms with Gasteiger partial charge in [-0.05, 0) is 120 Å². The Morgan fingerprint density at radius 3 is 2.02 bits per heavy atom. The van der Waals surface area contributed by atoms with Crippen LogP contribution in [0.1, 0.15) is 93.5 Å². The number of nitrogens with zero attached hydrogens (tertiary/aromatic N) is 3. The van der Waals surface area contributed by atoms with E-state index in [4.69, 9.17) is 19.2 Å². The van der Waals surface area contributed by atoms with Crippen molar-refractivity contribution in [1.29, 1.82) is 0 Å². The highest BCUT2D eigenvalue weighted by molar-refractivity contribution is 5.91. The fourth-order valence-corrected chi connectivity index (χ4v) is 10.5. The number of methoxy groups -OCH3 is 2. The predicted octanol–water partition coefficient (Wildman–Crippen LogP) is 8.24. The molecule has 5 heterocycles. The molecule has 336 valence electrons. The average Bonchev–Trinajstić information content (AvgIpc) is 4.19. The number of aromatic nitrogens is 3. The summed E-state index contributed by atoms with van der Waals surface area (Å²) in [5.41, 5.74) is 10.2. The number of imidazole rings is 1. The number of rotatable bonds is 11. The molecule has 3 unspecified atom stereocenters. The smallest absolute Gasteiger partial charge is 0.407 e. The van der Waals surface area contributed by atoms with Gasteiger partial charge in [-0.15, -0.1) is 0 Å². The summed E-state index contributed by atoms with van der Waals surface area (Å²) < 4.78 is 15.3. The predicted molar refractivity (Wildman–Crippen MR) is 243 cm³/mol. The summed E-state index contributed by atoms with van der Waals surface area (Å²) in [5, 5.41) is 7.83. The zero-order chi connectivity index (χ0) is 44.5. The van der Waals surface area contributed by atoms with E-state index < -0.39 is 24.3 Å². The van der Waals surface area contributed by atoms with E-state index in [0.29, 0.717) is 39.1 Å². The Hall–Kier alpha value is -6.15. The normalized spacial score (nSPS) is 19.8. The van der Waals surface area contributed by atoms with Crippen molar-refractivity contribution in [3.05, 3.63) is 89.5 Å². The average molecular weight is 870 g/mol. The minimum absolute atomic E-state index is 0.0247. The first-order chi connectivity index (χ1) is 31.1. The first-order valence-corrected chi connectivity index (χ1v) is 22.9. The highest BCUT2D eigenvalue weighted by atomic mass is 16.5. The summed E-state index contributed by atoms with van der Waals surface area (Å²) in [6.45, 7) is 6.27. The number of H-pyrrole nitrogens is 2. The fourth-order valence-electron chi connectivity index (χ4n) is 10.5. The fraction of sp³-hybridized carbons (Fsp3) is 0.460. The number of carbonyl (C=O) groups excluding carboxylic acids is 4. The van der Waals surface area contributed by atoms with Gasteiger partial charge in [-0.1, -0.05) is 62.4 Å². The molecule has 0 saturated carbocycles. The molecule has 3 saturated heterocycles. The highest BCUT2D eigenvalue weighted by Crippen LogP contribution is 2.43. The lowest BCUT2D eigenvalue weighted by Crippen LogP contribution is -2.53. The summed E-state index contributed by atoms with van der Waals surface area (Å²) in [5.74, 6) is 0.465. The number of benzene rings is 3. The van der Waals surface area contributed by atoms with Gasteiger partial charge in [-0.2, -0.15) is 0 Å². The van der Waals surface area contributed by atoms with Crippen molar-refractivity contribution in [1.82, 2.24) is 35.4 Å². The van der Waals surface area contributed by atoms with Crippen LogP contribution in [-0.4, -0.2) is 101 Å². The van der Waals surface area contributed by atoms with Gasteiger partial charge in [0.2, 0.25) is 11.8 Å². The van der Waals surface area contributed by atoms with E-state index in [1.54, 1.807) is 0 Å². The molecule has 4 N–H and O–H groups in total. The van der Waals surface area contributed by atoms with Crippen LogP contribution in [0.25, 0.3) is 44.4 Å². The van der Waals surface area contributed by atoms with E-state index in [9.17, 15) is 19.2 Å². The number of fused-ring (bicyclic) bond motifs is 2. The number of ether oxygens (including phenoxy) is 3. The molecule has 1 aliphatic carbocycles. The molecule has 14 heteroatoms. The van der Waals surface area contributed by atoms with Crippen LogP contribution in [-0.2, 0) is 36.6 Å². The lowest BCUT2D eigenvalue weighted by atomic mass is 9.90. The van der Waals surface area contributed by atoms with Gasteiger partial charge in [-0.25, -0.2) is 14.6 Å². The molecule has 2 aromatic heterocycles. The molecule has 14 nitrogen and oxygen atoms in total. The number of hydrogen-bond donors (Lipinski definition) is 4. The van der Waals surface area contributed by atoms with E-state index >= 15 is 0 Å². The van der Waals surface area contributed by atoms with Gasteiger partial charge in [0.1, 0.15) is 17.9 Å². The molecule has 3 fully saturated rings. The molecule has 0 bridgehead atoms. The van der Waals surface area contributed by atoms with Crippen molar-refractivity contribution in [3.8, 4) is 33.6 Å². The molecule has 0 spiro atoms. The molecule has 3 aromatic carbocycles. The van der Waals surface area contributed by atoms with Crippen molar-refractivity contribution in [3.63, 3.8) is 0 Å². The lowest BCUT2D eigenvalue weighted by Gasteiger charge is -2.34. The molecule has 9 rings (SSSR count). The largest absolute Gasteiger partial charge is 0.453 e. The summed E-state index contributed by atoms with van der Waals surface area (Å²) in [6.07, 6.45) is 8.54. The van der Waals surface area contributed by atoms with E-state index in [2.05, 4.69) is 81.3 Å². The van der Waals surface area contributed by atoms with Crippen molar-refractivity contribution in [2.45, 2.75) is 95.8 Å². The Balaban J connectivity index is 0.900. The Labute approximate surface area is 373 Å². The van der Waals surface area contributed by atoms with Crippen molar-refractivity contribution in [2.75, 3.05) is 40.5 Å². The van der Waals surface area contributed by atoms with Crippen LogP contribution in [0.4, 0.5) is 9.59 Å². The zero-order valence-electron chi connectivity index (χ0n) is 37.2. The molecular formula is C50H59N7O7. The van der Waals surface area contributed by atoms with Crippen LogP contribution in [0.5, 0.6) is 0 Å². The molecule has 4 atom stereocenters. The van der Waals surface area contributed by atoms with Gasteiger partial charge in [0.15, 0.2) is 0 Å². The van der Waals surface area contributed by atoms with Crippen LogP contribution in [0.2, 0.25) is 0 Å². The summed E-state index contributed by atoms with van der Waals surface area (Å²) in [7, 11) is 2.63. The van der Waals surface area contributed by atoms with E-state index in [1.807, 2.05) is 29.8 Å². The Bertz CT molecular complexity index is 2520. The van der Waals surface area contributed by atoms with Crippen LogP contribution in [0, 0.1) is 11.8 Å². The number of nitrogens with one attached hydrogen (secondary N) is 4. The highest BCUT2D eigenvalue weighted by Gasteiger charge is 2.41. The number of aromatic amines is 2. The second-order valence-corrected chi connectivity index (χ2v) is 18.1. The van der Waals surface area contributed by atoms with Gasteiger partial charge >= 0.3 is 12.2 Å². The molecule has 5 aromatic rings. The van der Waals surface area contributed by atoms with Crippen LogP contribution in [0.15, 0.2) is 66.9 Å². The molecule has 4 amide bonds. The first-order valence-electron chi connectivity index (χ1n) is 22.9. The van der Waals surface area contributed by atoms with Gasteiger partial charge in [0, 0.05) is 43.3 Å². The lowest BCUT2D eigenvalue weighted by molar-refractivity contribution is -0.137. The van der Waals surface area contributed by atoms with Gasteiger partial charge < -0.3 is 44.6 Å². The van der Waals surface area contributed by atoms with Crippen LogP contribution < -0.4 is 10.6 Å². The van der Waals surface area contributed by atoms with Gasteiger partial charge in [0.05, 0.1) is 38.2 Å². The maximum atomic E-state index is 14.0. The third-order valence-electron chi connectivity index (χ3n) is 13.9. The standard InChI is InChI=1S/C50H59N7O7/c1-29(2)42(54-49(60)62-3)47(58)56-22-6-10-40(56)45-38-9-5-8-37(38)43(53-45)31-14-12-30(13-15-31)33-16-17-35-27-36(19-18-34(35)26-33)39-28-51-46(52-39)41-11-7-23-57(41)48(59)44(55-50(61)63-4)32-20-24-64-25-21-32/h12-19,26-29,32,40-42,44,53H,5-11,20-25H2,1-4H3,(H,51,52)(H,54,60)(H,55,61)/t40?,41-,42?,44?/m0/s1. The SMILES string of the molecule is COC(=O)NC(C(=O)N1CCCC1c1[nH]c(-c2ccc(-c3ccc4cc(-c5cnc([C@@H]6CCCN6C(=O)C(NC(=O)OC)C6CCOCC6)[nH]5)ccc4c3)cc2)c2c1CCC2)C(C)C. The van der Waals surface area contributed by atoms with Crippen molar-refractivity contribution >= 4 is 34.8 Å². The minimum atomic E-state index is -0.681. The Morgan fingerprint density at radius 2 is 1.31 bits per heavy atom. The maximum absolute atomic E-state index is 14.0. The quantitative estimate of drug-likeness (QED) is 0.103. The number of hydrogen-bond acceptors (Lipinski definition) is 8. The monoisotopic (exact) mass is 869 g/mol. The van der Waals surface area contributed by atoms with Gasteiger partial charge in [0.25, 0.3) is 0 Å². The van der Waals surface area contributed by atoms with E-state index in [1.165, 1.54) is 25.3 Å². The first kappa shape index (κ1) is 43.1. The zero-order valence-corrected chi connectivity index (χ0v) is 37.2. The summed E-state index contributed by atoms with van der Waals surface area (Å²) >= 11 is 0. The molecule has 0 radical (unpaired) electrons. The second-order valence-electron chi connectivity index (χ2n) is 18.1. The van der Waals surface area contributed by atoms with Crippen LogP contribution in [0.3, 0.4) is 0 Å². The third-order valence-corrected chi connectivity index (χ3v) is 13.9. The maximum Gasteiger partial charge on any atom is 0.407 e. The third kappa shape index (κ3) is 8.47. The van der Waals surface area contributed by atoms with E-state index in [0.717, 1.165) is 101 Å². The number of carbonyl (C=O) groups is 4. The van der Waals surface area contributed by atoms with Gasteiger partial charge in [-0.3, -0.25) is 9.59 Å². The second kappa shape index (κ2) is 18.5. The van der Waals surface area contributed by atoms with Crippen molar-refractivity contribution < 1.29 is 33.4 Å². The number of amides is 4. The Morgan fingerprint density at radius 1 is 0.703 bits per heavy atom. The molecule has 3 aliphatic heterocycles. The number of likely N-dealkylation sites (tertiary alicyclic amines) is 2. The minimum Gasteiger partial charge on any atom is -0.453 e. The molecular weight excluding hydrogens is 811 g/mol. The van der Waals surface area contributed by atoms with Crippen molar-refractivity contribution in [2.24, 2.45) is 11.8 Å². The Kier molecular flexibility index (Phi) is 12.5.